The van der Waals surface area contributed by atoms with Crippen LogP contribution < -0.4 is 0 Å². The Morgan fingerprint density at radius 3 is 1.25 bits per heavy atom. The molecule has 8 heteroatoms. The third kappa shape index (κ3) is 18.6. The average Bonchev–Trinajstić information content (AvgIpc) is 2.06. The van der Waals surface area contributed by atoms with Gasteiger partial charge in [-0.3, -0.25) is 0 Å². The third-order valence-corrected chi connectivity index (χ3v) is 2.72. The average molecular weight is 595 g/mol. The van der Waals surface area contributed by atoms with E-state index in [2.05, 4.69) is 51.3 Å². The van der Waals surface area contributed by atoms with Crippen LogP contribution in [0.25, 0.3) is 0 Å². The van der Waals surface area contributed by atoms with Gasteiger partial charge < -0.3 is 9.80 Å². The van der Waals surface area contributed by atoms with Crippen LogP contribution in [0.4, 0.5) is 0 Å². The molecule has 0 aromatic rings. The number of hydrogen-bond donors (Lipinski definition) is 2. The van der Waals surface area contributed by atoms with Crippen LogP contribution in [0.5, 0.6) is 0 Å². The molecular formula is C8H21BiCdN2S4. The Balaban J connectivity index is -0.0000000825. The van der Waals surface area contributed by atoms with Crippen LogP contribution in [0.15, 0.2) is 0 Å². The summed E-state index contributed by atoms with van der Waals surface area (Å²) in [5.74, 6) is 0. The second-order valence-electron chi connectivity index (χ2n) is 2.63. The summed E-state index contributed by atoms with van der Waals surface area (Å²) in [6.07, 6.45) is 0. The predicted octanol–water partition coefficient (Wildman–Crippen LogP) is 1.12. The Bertz CT molecular complexity index is 189. The van der Waals surface area contributed by atoms with E-state index in [0.29, 0.717) is 8.64 Å². The fourth-order valence-corrected chi connectivity index (χ4v) is 1.04. The van der Waals surface area contributed by atoms with Crippen molar-refractivity contribution >= 4 is 84.5 Å². The molecule has 0 heterocycles. The summed E-state index contributed by atoms with van der Waals surface area (Å²) < 4.78 is 1.31. The Kier molecular flexibility index (Phi) is 28.9. The maximum absolute atomic E-state index is 4.81. The van der Waals surface area contributed by atoms with Crippen molar-refractivity contribution in [2.75, 3.05) is 27.2 Å². The van der Waals surface area contributed by atoms with Gasteiger partial charge in [-0.2, -0.15) is 0 Å². The summed E-state index contributed by atoms with van der Waals surface area (Å²) >= 11 is 17.3. The SMILES string of the molecule is CCN(CC)C(=S)S.CN(C)C(=S)S.[BiH3].[Cd]. The first-order valence-electron chi connectivity index (χ1n) is 4.24. The zero-order valence-electron chi connectivity index (χ0n) is 10.4. The van der Waals surface area contributed by atoms with E-state index in [0.717, 1.165) is 13.1 Å². The van der Waals surface area contributed by atoms with Crippen molar-refractivity contribution in [2.24, 2.45) is 0 Å². The van der Waals surface area contributed by atoms with E-state index in [1.165, 1.54) is 0 Å². The summed E-state index contributed by atoms with van der Waals surface area (Å²) in [4.78, 5) is 3.77. The van der Waals surface area contributed by atoms with Crippen LogP contribution in [-0.4, -0.2) is 71.8 Å². The Hall–Kier alpha value is 2.29. The van der Waals surface area contributed by atoms with Crippen LogP contribution in [0.1, 0.15) is 13.8 Å². The molecule has 0 atom stereocenters. The molecule has 0 bridgehead atoms. The van der Waals surface area contributed by atoms with Crippen LogP contribution in [0.2, 0.25) is 0 Å². The molecule has 0 aliphatic rings. The monoisotopic (exact) mass is 596 g/mol. The minimum absolute atomic E-state index is 0. The first kappa shape index (κ1) is 26.8. The van der Waals surface area contributed by atoms with Gasteiger partial charge in [0, 0.05) is 54.5 Å². The first-order chi connectivity index (χ1) is 6.36. The van der Waals surface area contributed by atoms with Gasteiger partial charge in [0.15, 0.2) is 0 Å². The second-order valence-corrected chi connectivity index (χ2v) is 4.86. The van der Waals surface area contributed by atoms with Crippen molar-refractivity contribution in [1.29, 1.82) is 0 Å². The number of rotatable bonds is 2. The van der Waals surface area contributed by atoms with Crippen molar-refractivity contribution in [3.05, 3.63) is 0 Å². The van der Waals surface area contributed by atoms with E-state index in [4.69, 9.17) is 12.2 Å². The maximum atomic E-state index is 4.81. The molecule has 0 aliphatic heterocycles. The van der Waals surface area contributed by atoms with Gasteiger partial charge in [0.1, 0.15) is 8.64 Å². The molecule has 0 aromatic carbocycles. The van der Waals surface area contributed by atoms with Gasteiger partial charge in [-0.05, 0) is 13.8 Å². The number of thiocarbonyl (C=S) groups is 2. The van der Waals surface area contributed by atoms with Crippen molar-refractivity contribution in [2.45, 2.75) is 13.8 Å². The van der Waals surface area contributed by atoms with Gasteiger partial charge in [-0.1, -0.05) is 24.4 Å². The summed E-state index contributed by atoms with van der Waals surface area (Å²) in [5, 5.41) is 0. The molecule has 0 spiro atoms. The maximum Gasteiger partial charge on any atom is 0 e. The summed E-state index contributed by atoms with van der Waals surface area (Å²) in [7, 11) is 3.71. The minimum atomic E-state index is 0. The molecule has 0 radical (unpaired) electrons. The molecule has 0 amide bonds. The largest absolute Gasteiger partial charge is 0 e. The zero-order valence-corrected chi connectivity index (χ0v) is 23.4. The molecule has 0 rings (SSSR count). The third-order valence-electron chi connectivity index (χ3n) is 1.42. The van der Waals surface area contributed by atoms with Crippen LogP contribution in [-0.2, 0) is 27.3 Å². The number of nitrogens with zero attached hydrogens (tertiary/aromatic N) is 2. The number of thiol groups is 2. The Morgan fingerprint density at radius 1 is 1.00 bits per heavy atom. The van der Waals surface area contributed by atoms with E-state index in [1.54, 1.807) is 4.90 Å². The summed E-state index contributed by atoms with van der Waals surface area (Å²) in [5.41, 5.74) is 0. The van der Waals surface area contributed by atoms with E-state index in [9.17, 15) is 0 Å². The molecular weight excluding hydrogens is 574 g/mol. The molecule has 16 heavy (non-hydrogen) atoms. The van der Waals surface area contributed by atoms with Crippen molar-refractivity contribution in [3.63, 3.8) is 0 Å². The normalized spacial score (nSPS) is 7.38. The number of hydrogen-bond acceptors (Lipinski definition) is 2. The van der Waals surface area contributed by atoms with Crippen LogP contribution >= 0.6 is 49.7 Å². The van der Waals surface area contributed by atoms with Crippen molar-refractivity contribution in [1.82, 2.24) is 9.80 Å². The smallest absolute Gasteiger partial charge is 0 e. The molecule has 0 aliphatic carbocycles. The topological polar surface area (TPSA) is 6.48 Å². The molecule has 0 fully saturated rings. The predicted molar refractivity (Wildman–Crippen MR) is 89.7 cm³/mol. The molecule has 94 valence electrons. The molecule has 0 unspecified atom stereocenters. The quantitative estimate of drug-likeness (QED) is 0.281. The first-order valence-corrected chi connectivity index (χ1v) is 5.95. The molecule has 0 saturated carbocycles. The summed E-state index contributed by atoms with van der Waals surface area (Å²) in [6.45, 7) is 6.04. The van der Waals surface area contributed by atoms with Gasteiger partial charge in [-0.15, -0.1) is 25.3 Å². The fraction of sp³-hybridized carbons (Fsp3) is 0.750. The van der Waals surface area contributed by atoms with E-state index >= 15 is 0 Å². The van der Waals surface area contributed by atoms with E-state index in [1.807, 2.05) is 19.0 Å². The summed E-state index contributed by atoms with van der Waals surface area (Å²) in [6, 6.07) is 0. The van der Waals surface area contributed by atoms with Crippen LogP contribution in [0.3, 0.4) is 0 Å². The molecule has 2 nitrogen and oxygen atoms in total. The Morgan fingerprint density at radius 2 is 1.25 bits per heavy atom. The van der Waals surface area contributed by atoms with Gasteiger partial charge in [-0.25, -0.2) is 0 Å². The zero-order chi connectivity index (χ0) is 11.7. The van der Waals surface area contributed by atoms with E-state index < -0.39 is 0 Å². The molecule has 0 saturated heterocycles. The van der Waals surface area contributed by atoms with Gasteiger partial charge in [0.2, 0.25) is 0 Å². The minimum Gasteiger partial charge on any atom is 0 e. The van der Waals surface area contributed by atoms with Gasteiger partial charge in [0.25, 0.3) is 0 Å². The molecule has 0 aromatic heterocycles. The van der Waals surface area contributed by atoms with Gasteiger partial charge >= 0.3 is 26.2 Å². The van der Waals surface area contributed by atoms with Crippen molar-refractivity contribution in [3.8, 4) is 0 Å². The van der Waals surface area contributed by atoms with E-state index in [-0.39, 0.29) is 53.5 Å². The molecule has 0 N–H and O–H groups in total. The van der Waals surface area contributed by atoms with Gasteiger partial charge in [0.05, 0.1) is 0 Å². The van der Waals surface area contributed by atoms with Crippen molar-refractivity contribution < 1.29 is 27.3 Å². The second kappa shape index (κ2) is 17.3. The Labute approximate surface area is 160 Å². The van der Waals surface area contributed by atoms with Crippen LogP contribution in [0, 0.1) is 0 Å². The standard InChI is InChI=1S/C5H11NS2.C3H7NS2.Bi.Cd.3H/c1-3-6(4-2)5(7)8;1-4(2)3(5)6;;;;;/h3-4H2,1-2H3,(H,7,8);1-2H3,(H,5,6);;;;;. The fourth-order valence-electron chi connectivity index (χ4n) is 0.494.